The highest BCUT2D eigenvalue weighted by Gasteiger charge is 2.25. The maximum atomic E-state index is 13.0. The van der Waals surface area contributed by atoms with Crippen LogP contribution in [0.2, 0.25) is 19.6 Å². The number of aromatic nitrogens is 3. The maximum Gasteiger partial charge on any atom is 0.420 e. The van der Waals surface area contributed by atoms with E-state index >= 15 is 0 Å². The predicted molar refractivity (Wildman–Crippen MR) is 157 cm³/mol. The highest BCUT2D eigenvalue weighted by atomic mass is 32.2. The first kappa shape index (κ1) is 28.8. The van der Waals surface area contributed by atoms with Crippen molar-refractivity contribution in [2.45, 2.75) is 76.7 Å². The first-order valence-corrected chi connectivity index (χ1v) is 18.1. The molecule has 3 aromatic rings. The van der Waals surface area contributed by atoms with Crippen molar-refractivity contribution in [1.29, 1.82) is 0 Å². The van der Waals surface area contributed by atoms with Gasteiger partial charge in [-0.3, -0.25) is 0 Å². The van der Waals surface area contributed by atoms with Crippen LogP contribution in [-0.4, -0.2) is 62.4 Å². The van der Waals surface area contributed by atoms with Crippen LogP contribution in [0.25, 0.3) is 22.4 Å². The number of ether oxygens (including phenoxy) is 1. The van der Waals surface area contributed by atoms with Crippen molar-refractivity contribution < 1.29 is 17.9 Å². The number of nitrogens with one attached hydrogen (secondary N) is 1. The van der Waals surface area contributed by atoms with Gasteiger partial charge in [0.2, 0.25) is 10.0 Å². The van der Waals surface area contributed by atoms with Crippen LogP contribution in [0.1, 0.15) is 46.1 Å². The number of anilines is 1. The minimum Gasteiger partial charge on any atom is -0.443 e. The Balaban J connectivity index is 1.92. The third-order valence-electron chi connectivity index (χ3n) is 6.31. The summed E-state index contributed by atoms with van der Waals surface area (Å²) in [5.41, 5.74) is 5.94. The Morgan fingerprint density at radius 3 is 2.51 bits per heavy atom. The van der Waals surface area contributed by atoms with Crippen LogP contribution in [0.5, 0.6) is 0 Å². The highest BCUT2D eigenvalue weighted by Crippen LogP contribution is 2.33. The molecule has 11 heteroatoms. The quantitative estimate of drug-likeness (QED) is 0.349. The zero-order valence-electron chi connectivity index (χ0n) is 23.9. The number of sulfonamides is 1. The van der Waals surface area contributed by atoms with Gasteiger partial charge in [0.15, 0.2) is 5.65 Å². The molecule has 1 atom stereocenters. The van der Waals surface area contributed by atoms with Crippen LogP contribution in [0.4, 0.5) is 10.5 Å². The summed E-state index contributed by atoms with van der Waals surface area (Å²) in [6.07, 6.45) is 4.70. The smallest absolute Gasteiger partial charge is 0.420 e. The minimum atomic E-state index is -3.71. The van der Waals surface area contributed by atoms with Gasteiger partial charge in [-0.15, -0.1) is 5.54 Å². The van der Waals surface area contributed by atoms with Crippen LogP contribution < -0.4 is 9.62 Å². The summed E-state index contributed by atoms with van der Waals surface area (Å²) >= 11 is 0. The number of benzene rings is 1. The second-order valence-electron chi connectivity index (χ2n) is 11.9. The molecule has 0 radical (unpaired) electrons. The molecular weight excluding hydrogens is 530 g/mol. The summed E-state index contributed by atoms with van der Waals surface area (Å²) in [5, 5.41) is 0. The van der Waals surface area contributed by atoms with Gasteiger partial charge in [0.05, 0.1) is 22.3 Å². The molecule has 208 valence electrons. The van der Waals surface area contributed by atoms with Crippen LogP contribution in [-0.2, 0) is 14.8 Å². The van der Waals surface area contributed by atoms with E-state index in [0.717, 1.165) is 25.1 Å². The molecule has 1 aromatic carbocycles. The molecule has 0 bridgehead atoms. The van der Waals surface area contributed by atoms with E-state index in [0.29, 0.717) is 34.0 Å². The number of carbonyl (C=O) groups excluding carboxylic acids is 1. The molecular formula is C28H37N5O4SSi. The van der Waals surface area contributed by atoms with Crippen LogP contribution in [0.3, 0.4) is 0 Å². The molecule has 1 aliphatic rings. The van der Waals surface area contributed by atoms with Crippen molar-refractivity contribution in [2.75, 3.05) is 18.5 Å². The van der Waals surface area contributed by atoms with E-state index < -0.39 is 29.8 Å². The molecule has 4 rings (SSSR count). The first-order valence-electron chi connectivity index (χ1n) is 13.1. The van der Waals surface area contributed by atoms with Crippen LogP contribution >= 0.6 is 0 Å². The number of nitrogens with zero attached hydrogens (tertiary/aromatic N) is 4. The first-order chi connectivity index (χ1) is 18.1. The molecule has 0 saturated carbocycles. The average Bonchev–Trinajstić information content (AvgIpc) is 3.44. The second-order valence-corrected chi connectivity index (χ2v) is 18.6. The Morgan fingerprint density at radius 1 is 1.21 bits per heavy atom. The summed E-state index contributed by atoms with van der Waals surface area (Å²) in [6.45, 7) is 14.8. The number of hydrogen-bond acceptors (Lipinski definition) is 7. The highest BCUT2D eigenvalue weighted by molar-refractivity contribution is 7.89. The molecule has 2 aromatic heterocycles. The fourth-order valence-electron chi connectivity index (χ4n) is 4.41. The molecule has 39 heavy (non-hydrogen) atoms. The Morgan fingerprint density at radius 2 is 1.92 bits per heavy atom. The van der Waals surface area contributed by atoms with Crippen molar-refractivity contribution in [3.05, 3.63) is 36.2 Å². The summed E-state index contributed by atoms with van der Waals surface area (Å²) in [7, 11) is -4.05. The van der Waals surface area contributed by atoms with Gasteiger partial charge < -0.3 is 9.64 Å². The molecule has 9 nitrogen and oxygen atoms in total. The second kappa shape index (κ2) is 10.4. The maximum absolute atomic E-state index is 13.0. The Kier molecular flexibility index (Phi) is 7.68. The standard InChI is InChI=1S/C28H37N5O4SSi/c1-19-10-9-12-32(19)22-14-21(15-23(16-22)38(35,36)29-5)24-17-30-26-25(31-24)20(11-13-39(6,7)8)18-33(26)27(34)37-28(2,3)4/h14-19,29H,9-10,12H2,1-8H3/t19-/m1/s1. The van der Waals surface area contributed by atoms with Crippen molar-refractivity contribution in [1.82, 2.24) is 19.3 Å². The number of carbonyl (C=O) groups is 1. The lowest BCUT2D eigenvalue weighted by Gasteiger charge is -2.25. The molecule has 0 aliphatic carbocycles. The molecule has 1 N–H and O–H groups in total. The van der Waals surface area contributed by atoms with Gasteiger partial charge in [0, 0.05) is 30.0 Å². The molecule has 3 heterocycles. The molecule has 1 fully saturated rings. The largest absolute Gasteiger partial charge is 0.443 e. The van der Waals surface area contributed by atoms with Gasteiger partial charge in [-0.1, -0.05) is 25.6 Å². The van der Waals surface area contributed by atoms with E-state index in [1.807, 2.05) is 6.07 Å². The lowest BCUT2D eigenvalue weighted by Crippen LogP contribution is -2.27. The van der Waals surface area contributed by atoms with E-state index in [4.69, 9.17) is 9.72 Å². The lowest BCUT2D eigenvalue weighted by molar-refractivity contribution is 0.0543. The minimum absolute atomic E-state index is 0.156. The Hall–Kier alpha value is -3.20. The summed E-state index contributed by atoms with van der Waals surface area (Å²) in [5.74, 6) is 3.22. The van der Waals surface area contributed by atoms with Gasteiger partial charge in [0.25, 0.3) is 0 Å². The number of rotatable bonds is 4. The van der Waals surface area contributed by atoms with E-state index in [9.17, 15) is 13.2 Å². The molecule has 0 unspecified atom stereocenters. The number of hydrogen-bond donors (Lipinski definition) is 1. The van der Waals surface area contributed by atoms with Gasteiger partial charge in [-0.05, 0) is 65.8 Å². The monoisotopic (exact) mass is 567 g/mol. The van der Waals surface area contributed by atoms with Crippen molar-refractivity contribution in [3.63, 3.8) is 0 Å². The molecule has 0 amide bonds. The fourth-order valence-corrected chi connectivity index (χ4v) is 5.72. The molecule has 1 aliphatic heterocycles. The third kappa shape index (κ3) is 6.51. The molecule has 1 saturated heterocycles. The van der Waals surface area contributed by atoms with Crippen molar-refractivity contribution >= 4 is 41.0 Å². The average molecular weight is 568 g/mol. The third-order valence-corrected chi connectivity index (χ3v) is 8.58. The lowest BCUT2D eigenvalue weighted by atomic mass is 10.1. The van der Waals surface area contributed by atoms with Crippen LogP contribution in [0.15, 0.2) is 35.5 Å². The Bertz CT molecular complexity index is 1590. The van der Waals surface area contributed by atoms with Crippen molar-refractivity contribution in [3.8, 4) is 22.7 Å². The zero-order valence-corrected chi connectivity index (χ0v) is 25.7. The van der Waals surface area contributed by atoms with E-state index in [1.165, 1.54) is 11.6 Å². The van der Waals surface area contributed by atoms with E-state index in [1.54, 1.807) is 45.3 Å². The summed E-state index contributed by atoms with van der Waals surface area (Å²) < 4.78 is 35.0. The normalized spacial score (nSPS) is 16.3. The van der Waals surface area contributed by atoms with E-state index in [-0.39, 0.29) is 4.90 Å². The summed E-state index contributed by atoms with van der Waals surface area (Å²) in [4.78, 5) is 24.8. The van der Waals surface area contributed by atoms with E-state index in [2.05, 4.69) is 52.6 Å². The Labute approximate surface area is 232 Å². The number of fused-ring (bicyclic) bond motifs is 1. The van der Waals surface area contributed by atoms with Gasteiger partial charge in [-0.25, -0.2) is 32.5 Å². The van der Waals surface area contributed by atoms with Crippen LogP contribution in [0, 0.1) is 11.5 Å². The van der Waals surface area contributed by atoms with Crippen molar-refractivity contribution in [2.24, 2.45) is 0 Å². The van der Waals surface area contributed by atoms with Gasteiger partial charge in [-0.2, -0.15) is 0 Å². The molecule has 0 spiro atoms. The van der Waals surface area contributed by atoms with Gasteiger partial charge >= 0.3 is 6.09 Å². The predicted octanol–water partition coefficient (Wildman–Crippen LogP) is 5.01. The SMILES string of the molecule is CNS(=O)(=O)c1cc(-c2cnc3c(n2)c(C#C[Si](C)(C)C)cn3C(=O)OC(C)(C)C)cc(N2CCC[C@H]2C)c1. The fraction of sp³-hybridized carbons (Fsp3) is 0.464. The zero-order chi connectivity index (χ0) is 28.8. The topological polar surface area (TPSA) is 106 Å². The van der Waals surface area contributed by atoms with Gasteiger partial charge in [0.1, 0.15) is 19.2 Å². The summed E-state index contributed by atoms with van der Waals surface area (Å²) in [6, 6.07) is 5.55.